The smallest absolute Gasteiger partial charge is 0.0922 e. The Morgan fingerprint density at radius 1 is 1.10 bits per heavy atom. The monoisotopic (exact) mass is 275 g/mol. The summed E-state index contributed by atoms with van der Waals surface area (Å²) in [5.41, 5.74) is 10.2. The fourth-order valence-electron chi connectivity index (χ4n) is 2.07. The topological polar surface area (TPSA) is 88.5 Å². The number of nitrogens with two attached hydrogens (primary N) is 1. The van der Waals surface area contributed by atoms with Crippen LogP contribution in [-0.2, 0) is 0 Å². The molecule has 0 unspecified atom stereocenters. The van der Waals surface area contributed by atoms with Crippen molar-refractivity contribution in [1.82, 2.24) is 15.0 Å². The maximum atomic E-state index is 7.33. The van der Waals surface area contributed by atoms with Gasteiger partial charge in [-0.1, -0.05) is 12.1 Å². The molecule has 0 atom stereocenters. The van der Waals surface area contributed by atoms with Gasteiger partial charge in [0.1, 0.15) is 0 Å². The number of aromatic nitrogens is 3. The minimum atomic E-state index is 0.538. The number of fused-ring (bicyclic) bond motifs is 1. The standard InChI is InChI=1S/C16H13N5/c17-7-13(8-18)16-10-20-14-4-3-11(6-15(14)21-16)12-2-1-5-19-9-12/h1-10,17H,18H2. The Balaban J connectivity index is 2.14. The number of pyridine rings is 1. The van der Waals surface area contributed by atoms with E-state index in [0.717, 1.165) is 22.2 Å². The number of allylic oxidation sites excluding steroid dienone is 1. The van der Waals surface area contributed by atoms with Crippen molar-refractivity contribution in [2.45, 2.75) is 0 Å². The Bertz CT molecular complexity index is 824. The van der Waals surface area contributed by atoms with Crippen LogP contribution in [0.5, 0.6) is 0 Å². The molecule has 3 aromatic rings. The molecule has 0 spiro atoms. The first-order valence-electron chi connectivity index (χ1n) is 6.42. The Morgan fingerprint density at radius 2 is 2.00 bits per heavy atom. The van der Waals surface area contributed by atoms with Gasteiger partial charge < -0.3 is 11.1 Å². The highest BCUT2D eigenvalue weighted by atomic mass is 14.8. The van der Waals surface area contributed by atoms with E-state index in [1.807, 2.05) is 30.3 Å². The lowest BCUT2D eigenvalue weighted by molar-refractivity contribution is 1.25. The molecule has 0 amide bonds. The van der Waals surface area contributed by atoms with Crippen LogP contribution in [-0.4, -0.2) is 21.2 Å². The minimum absolute atomic E-state index is 0.538. The fraction of sp³-hybridized carbons (Fsp3) is 0. The molecule has 21 heavy (non-hydrogen) atoms. The van der Waals surface area contributed by atoms with Crippen LogP contribution in [0, 0.1) is 5.41 Å². The first-order valence-corrected chi connectivity index (χ1v) is 6.42. The molecule has 1 aromatic carbocycles. The highest BCUT2D eigenvalue weighted by Gasteiger charge is 2.05. The minimum Gasteiger partial charge on any atom is -0.404 e. The average molecular weight is 275 g/mol. The van der Waals surface area contributed by atoms with E-state index in [1.54, 1.807) is 18.6 Å². The predicted octanol–water partition coefficient (Wildman–Crippen LogP) is 2.64. The van der Waals surface area contributed by atoms with Crippen LogP contribution >= 0.6 is 0 Å². The molecule has 5 heteroatoms. The van der Waals surface area contributed by atoms with E-state index in [9.17, 15) is 0 Å². The molecule has 0 saturated carbocycles. The van der Waals surface area contributed by atoms with E-state index in [-0.39, 0.29) is 0 Å². The quantitative estimate of drug-likeness (QED) is 0.719. The second-order valence-electron chi connectivity index (χ2n) is 4.47. The van der Waals surface area contributed by atoms with Crippen molar-refractivity contribution in [3.63, 3.8) is 0 Å². The lowest BCUT2D eigenvalue weighted by atomic mass is 10.1. The molecule has 102 valence electrons. The van der Waals surface area contributed by atoms with E-state index in [0.29, 0.717) is 11.3 Å². The van der Waals surface area contributed by atoms with Crippen molar-refractivity contribution >= 4 is 22.8 Å². The summed E-state index contributed by atoms with van der Waals surface area (Å²) in [5, 5.41) is 7.33. The number of rotatable bonds is 3. The van der Waals surface area contributed by atoms with Gasteiger partial charge in [0.2, 0.25) is 0 Å². The van der Waals surface area contributed by atoms with Gasteiger partial charge in [-0.05, 0) is 23.8 Å². The van der Waals surface area contributed by atoms with Crippen LogP contribution in [0.1, 0.15) is 5.69 Å². The first-order chi connectivity index (χ1) is 10.3. The molecule has 0 saturated heterocycles. The number of benzene rings is 1. The summed E-state index contributed by atoms with van der Waals surface area (Å²) < 4.78 is 0. The van der Waals surface area contributed by atoms with Crippen molar-refractivity contribution in [2.24, 2.45) is 5.73 Å². The van der Waals surface area contributed by atoms with Gasteiger partial charge in [-0.15, -0.1) is 0 Å². The van der Waals surface area contributed by atoms with Gasteiger partial charge in [0.05, 0.1) is 22.9 Å². The van der Waals surface area contributed by atoms with Crippen LogP contribution in [0.15, 0.2) is 55.1 Å². The van der Waals surface area contributed by atoms with E-state index in [2.05, 4.69) is 15.0 Å². The summed E-state index contributed by atoms with van der Waals surface area (Å²) in [6.45, 7) is 0. The Kier molecular flexibility index (Phi) is 3.39. The van der Waals surface area contributed by atoms with Crippen LogP contribution in [0.2, 0.25) is 0 Å². The van der Waals surface area contributed by atoms with Crippen LogP contribution in [0.3, 0.4) is 0 Å². The zero-order valence-electron chi connectivity index (χ0n) is 11.2. The van der Waals surface area contributed by atoms with Gasteiger partial charge in [0.15, 0.2) is 0 Å². The summed E-state index contributed by atoms with van der Waals surface area (Å²) in [4.78, 5) is 13.0. The van der Waals surface area contributed by atoms with E-state index >= 15 is 0 Å². The third-order valence-corrected chi connectivity index (χ3v) is 3.17. The summed E-state index contributed by atoms with van der Waals surface area (Å²) in [5.74, 6) is 0. The van der Waals surface area contributed by atoms with Gasteiger partial charge in [0, 0.05) is 35.9 Å². The molecular weight excluding hydrogens is 262 g/mol. The third kappa shape index (κ3) is 2.49. The molecule has 0 aliphatic heterocycles. The average Bonchev–Trinajstić information content (AvgIpc) is 2.56. The summed E-state index contributed by atoms with van der Waals surface area (Å²) in [6.07, 6.45) is 7.69. The van der Waals surface area contributed by atoms with Crippen LogP contribution in [0.25, 0.3) is 27.7 Å². The highest BCUT2D eigenvalue weighted by molar-refractivity contribution is 6.07. The van der Waals surface area contributed by atoms with Crippen molar-refractivity contribution in [3.8, 4) is 11.1 Å². The van der Waals surface area contributed by atoms with Crippen molar-refractivity contribution < 1.29 is 0 Å². The molecule has 0 aliphatic carbocycles. The molecule has 2 aromatic heterocycles. The maximum absolute atomic E-state index is 7.33. The molecule has 5 nitrogen and oxygen atoms in total. The Morgan fingerprint density at radius 3 is 2.71 bits per heavy atom. The lowest BCUT2D eigenvalue weighted by Crippen LogP contribution is -1.96. The maximum Gasteiger partial charge on any atom is 0.0922 e. The number of nitrogens with zero attached hydrogens (tertiary/aromatic N) is 3. The molecular formula is C16H13N5. The molecule has 0 fully saturated rings. The Hall–Kier alpha value is -3.08. The van der Waals surface area contributed by atoms with Gasteiger partial charge in [0.25, 0.3) is 0 Å². The summed E-state index contributed by atoms with van der Waals surface area (Å²) >= 11 is 0. The van der Waals surface area contributed by atoms with Gasteiger partial charge >= 0.3 is 0 Å². The second kappa shape index (κ2) is 5.50. The normalized spacial score (nSPS) is 11.5. The van der Waals surface area contributed by atoms with Crippen LogP contribution in [0.4, 0.5) is 0 Å². The fourth-order valence-corrected chi connectivity index (χ4v) is 2.07. The first kappa shape index (κ1) is 12.9. The van der Waals surface area contributed by atoms with Crippen molar-refractivity contribution in [2.75, 3.05) is 0 Å². The van der Waals surface area contributed by atoms with Gasteiger partial charge in [-0.2, -0.15) is 0 Å². The number of nitrogens with one attached hydrogen (secondary N) is 1. The SMILES string of the molecule is N=CC(=CN)c1cnc2ccc(-c3cccnc3)cc2n1. The Labute approximate surface area is 121 Å². The third-order valence-electron chi connectivity index (χ3n) is 3.17. The van der Waals surface area contributed by atoms with Crippen molar-refractivity contribution in [3.05, 3.63) is 60.8 Å². The van der Waals surface area contributed by atoms with E-state index < -0.39 is 0 Å². The molecule has 0 radical (unpaired) electrons. The number of hydrogen-bond donors (Lipinski definition) is 2. The van der Waals surface area contributed by atoms with Crippen molar-refractivity contribution in [1.29, 1.82) is 5.41 Å². The van der Waals surface area contributed by atoms with E-state index in [1.165, 1.54) is 12.4 Å². The van der Waals surface area contributed by atoms with Crippen LogP contribution < -0.4 is 5.73 Å². The molecule has 2 heterocycles. The molecule has 0 aliphatic rings. The van der Waals surface area contributed by atoms with Gasteiger partial charge in [-0.3, -0.25) is 9.97 Å². The van der Waals surface area contributed by atoms with E-state index in [4.69, 9.17) is 11.1 Å². The summed E-state index contributed by atoms with van der Waals surface area (Å²) in [6, 6.07) is 9.76. The number of hydrogen-bond acceptors (Lipinski definition) is 5. The second-order valence-corrected chi connectivity index (χ2v) is 4.47. The lowest BCUT2D eigenvalue weighted by Gasteiger charge is -2.05. The zero-order chi connectivity index (χ0) is 14.7. The molecule has 0 bridgehead atoms. The highest BCUT2D eigenvalue weighted by Crippen LogP contribution is 2.22. The molecule has 3 rings (SSSR count). The zero-order valence-corrected chi connectivity index (χ0v) is 11.2. The largest absolute Gasteiger partial charge is 0.404 e. The predicted molar refractivity (Wildman–Crippen MR) is 83.7 cm³/mol. The molecule has 3 N–H and O–H groups in total. The van der Waals surface area contributed by atoms with Gasteiger partial charge in [-0.25, -0.2) is 4.98 Å². The summed E-state index contributed by atoms with van der Waals surface area (Å²) in [7, 11) is 0.